The van der Waals surface area contributed by atoms with Crippen LogP contribution < -0.4 is 5.73 Å². The Hall–Kier alpha value is -1.13. The molecule has 0 amide bonds. The van der Waals surface area contributed by atoms with Crippen LogP contribution in [0.25, 0.3) is 0 Å². The van der Waals surface area contributed by atoms with Crippen molar-refractivity contribution in [3.63, 3.8) is 0 Å². The second-order valence-corrected chi connectivity index (χ2v) is 3.18. The van der Waals surface area contributed by atoms with E-state index in [4.69, 9.17) is 15.9 Å². The van der Waals surface area contributed by atoms with E-state index in [0.717, 1.165) is 6.07 Å². The number of nitrogens with two attached hydrogens (primary N) is 1. The monoisotopic (exact) mass is 199 g/mol. The Bertz CT molecular complexity index is 304. The number of phenols is 1. The molecule has 0 aliphatic rings. The molecule has 0 aliphatic heterocycles. The first-order valence-electron chi connectivity index (χ1n) is 4.50. The van der Waals surface area contributed by atoms with E-state index in [1.807, 2.05) is 0 Å². The fraction of sp³-hybridized carbons (Fsp3) is 0.400. The van der Waals surface area contributed by atoms with Gasteiger partial charge in [0, 0.05) is 24.3 Å². The number of phenolic OH excluding ortho intramolecular Hbond substituents is 1. The van der Waals surface area contributed by atoms with Gasteiger partial charge in [0.05, 0.1) is 0 Å². The lowest BCUT2D eigenvalue weighted by Gasteiger charge is -2.12. The third-order valence-corrected chi connectivity index (χ3v) is 2.06. The third kappa shape index (κ3) is 2.68. The van der Waals surface area contributed by atoms with Crippen LogP contribution in [0.2, 0.25) is 0 Å². The molecule has 0 radical (unpaired) electrons. The van der Waals surface area contributed by atoms with E-state index < -0.39 is 11.9 Å². The van der Waals surface area contributed by atoms with Crippen molar-refractivity contribution >= 4 is 0 Å². The molecule has 0 fully saturated rings. The lowest BCUT2D eigenvalue weighted by molar-refractivity contribution is 0.279. The molecule has 0 aliphatic carbocycles. The van der Waals surface area contributed by atoms with Crippen molar-refractivity contribution in [2.24, 2.45) is 5.73 Å². The summed E-state index contributed by atoms with van der Waals surface area (Å²) in [6, 6.07) is 3.47. The summed E-state index contributed by atoms with van der Waals surface area (Å²) in [5.74, 6) is -0.615. The van der Waals surface area contributed by atoms with Crippen LogP contribution in [-0.4, -0.2) is 16.8 Å². The Kier molecular flexibility index (Phi) is 3.85. The van der Waals surface area contributed by atoms with Gasteiger partial charge in [-0.25, -0.2) is 4.39 Å². The van der Waals surface area contributed by atoms with Crippen LogP contribution in [-0.2, 0) is 0 Å². The Balaban J connectivity index is 2.74. The van der Waals surface area contributed by atoms with Crippen LogP contribution in [0.15, 0.2) is 18.2 Å². The zero-order valence-corrected chi connectivity index (χ0v) is 7.78. The third-order valence-electron chi connectivity index (χ3n) is 2.06. The predicted octanol–water partition coefficient (Wildman–Crippen LogP) is 1.30. The van der Waals surface area contributed by atoms with Crippen molar-refractivity contribution in [1.82, 2.24) is 0 Å². The molecule has 78 valence electrons. The highest BCUT2D eigenvalue weighted by molar-refractivity contribution is 5.29. The summed E-state index contributed by atoms with van der Waals surface area (Å²) in [4.78, 5) is 0. The molecular weight excluding hydrogens is 185 g/mol. The summed E-state index contributed by atoms with van der Waals surface area (Å²) < 4.78 is 13.2. The van der Waals surface area contributed by atoms with Gasteiger partial charge in [-0.3, -0.25) is 0 Å². The van der Waals surface area contributed by atoms with Gasteiger partial charge in [-0.05, 0) is 18.9 Å². The number of aliphatic hydroxyl groups excluding tert-OH is 1. The summed E-state index contributed by atoms with van der Waals surface area (Å²) in [5.41, 5.74) is 6.07. The topological polar surface area (TPSA) is 66.5 Å². The van der Waals surface area contributed by atoms with Crippen molar-refractivity contribution in [3.8, 4) is 5.75 Å². The summed E-state index contributed by atoms with van der Waals surface area (Å²) in [7, 11) is 0. The molecule has 14 heavy (non-hydrogen) atoms. The number of hydrogen-bond donors (Lipinski definition) is 3. The van der Waals surface area contributed by atoms with E-state index in [-0.39, 0.29) is 12.4 Å². The molecule has 0 aromatic heterocycles. The molecule has 4 heteroatoms. The van der Waals surface area contributed by atoms with E-state index >= 15 is 0 Å². The van der Waals surface area contributed by atoms with Crippen molar-refractivity contribution in [2.75, 3.05) is 6.61 Å². The van der Waals surface area contributed by atoms with Gasteiger partial charge in [0.25, 0.3) is 0 Å². The van der Waals surface area contributed by atoms with Crippen molar-refractivity contribution < 1.29 is 14.6 Å². The maximum absolute atomic E-state index is 13.2. The highest BCUT2D eigenvalue weighted by Gasteiger charge is 2.11. The number of rotatable bonds is 4. The highest BCUT2D eigenvalue weighted by atomic mass is 19.1. The van der Waals surface area contributed by atoms with Crippen molar-refractivity contribution in [2.45, 2.75) is 18.9 Å². The zero-order valence-electron chi connectivity index (χ0n) is 7.78. The first kappa shape index (κ1) is 10.9. The van der Waals surface area contributed by atoms with E-state index in [1.165, 1.54) is 12.1 Å². The van der Waals surface area contributed by atoms with Gasteiger partial charge in [0.15, 0.2) is 0 Å². The standard InChI is InChI=1S/C10H14FNO2/c11-9-6-7(14)3-4-8(9)10(12)2-1-5-13/h3-4,6,10,13-14H,1-2,5,12H2/t10-/m0/s1. The number of halogens is 1. The largest absolute Gasteiger partial charge is 0.508 e. The van der Waals surface area contributed by atoms with Crippen LogP contribution in [0.4, 0.5) is 4.39 Å². The molecule has 1 atom stereocenters. The van der Waals surface area contributed by atoms with E-state index in [1.54, 1.807) is 0 Å². The number of aliphatic hydroxyl groups is 1. The summed E-state index contributed by atoms with van der Waals surface area (Å²) >= 11 is 0. The lowest BCUT2D eigenvalue weighted by Crippen LogP contribution is -2.12. The smallest absolute Gasteiger partial charge is 0.131 e. The number of benzene rings is 1. The van der Waals surface area contributed by atoms with Crippen molar-refractivity contribution in [1.29, 1.82) is 0 Å². The average Bonchev–Trinajstić information content (AvgIpc) is 2.14. The second kappa shape index (κ2) is 4.93. The SMILES string of the molecule is N[C@@H](CCCO)c1ccc(O)cc1F. The Morgan fingerprint density at radius 3 is 2.71 bits per heavy atom. The van der Waals surface area contributed by atoms with Gasteiger partial charge < -0.3 is 15.9 Å². The Morgan fingerprint density at radius 2 is 2.14 bits per heavy atom. The van der Waals surface area contributed by atoms with Gasteiger partial charge in [0.1, 0.15) is 11.6 Å². The minimum atomic E-state index is -0.504. The molecule has 1 rings (SSSR count). The van der Waals surface area contributed by atoms with E-state index in [0.29, 0.717) is 18.4 Å². The summed E-state index contributed by atoms with van der Waals surface area (Å²) in [6.07, 6.45) is 1.07. The van der Waals surface area contributed by atoms with Crippen LogP contribution in [0.5, 0.6) is 5.75 Å². The minimum Gasteiger partial charge on any atom is -0.508 e. The van der Waals surface area contributed by atoms with Gasteiger partial charge in [-0.2, -0.15) is 0 Å². The molecule has 0 saturated carbocycles. The van der Waals surface area contributed by atoms with E-state index in [9.17, 15) is 4.39 Å². The van der Waals surface area contributed by atoms with Crippen LogP contribution in [0.3, 0.4) is 0 Å². The molecule has 1 aromatic carbocycles. The fourth-order valence-corrected chi connectivity index (χ4v) is 1.28. The molecule has 3 nitrogen and oxygen atoms in total. The van der Waals surface area contributed by atoms with Gasteiger partial charge in [-0.1, -0.05) is 6.07 Å². The molecule has 0 heterocycles. The van der Waals surface area contributed by atoms with Crippen LogP contribution in [0, 0.1) is 5.82 Å². The maximum Gasteiger partial charge on any atom is 0.131 e. The number of aromatic hydroxyl groups is 1. The zero-order chi connectivity index (χ0) is 10.6. The van der Waals surface area contributed by atoms with Crippen LogP contribution in [0.1, 0.15) is 24.4 Å². The normalized spacial score (nSPS) is 12.8. The van der Waals surface area contributed by atoms with Crippen molar-refractivity contribution in [3.05, 3.63) is 29.6 Å². The molecular formula is C10H14FNO2. The summed E-state index contributed by atoms with van der Waals surface area (Å²) in [5, 5.41) is 17.6. The minimum absolute atomic E-state index is 0.0490. The Morgan fingerprint density at radius 1 is 1.43 bits per heavy atom. The quantitative estimate of drug-likeness (QED) is 0.684. The molecule has 1 aromatic rings. The second-order valence-electron chi connectivity index (χ2n) is 3.18. The first-order valence-corrected chi connectivity index (χ1v) is 4.50. The van der Waals surface area contributed by atoms with Gasteiger partial charge in [0.2, 0.25) is 0 Å². The molecule has 0 unspecified atom stereocenters. The number of hydrogen-bond acceptors (Lipinski definition) is 3. The van der Waals surface area contributed by atoms with Crippen LogP contribution >= 0.6 is 0 Å². The molecule has 0 spiro atoms. The Labute approximate surface area is 82.0 Å². The maximum atomic E-state index is 13.2. The molecule has 0 saturated heterocycles. The van der Waals surface area contributed by atoms with E-state index in [2.05, 4.69) is 0 Å². The summed E-state index contributed by atoms with van der Waals surface area (Å²) in [6.45, 7) is 0.0490. The first-order chi connectivity index (χ1) is 6.65. The average molecular weight is 199 g/mol. The van der Waals surface area contributed by atoms with Gasteiger partial charge >= 0.3 is 0 Å². The van der Waals surface area contributed by atoms with Gasteiger partial charge in [-0.15, -0.1) is 0 Å². The molecule has 0 bridgehead atoms. The fourth-order valence-electron chi connectivity index (χ4n) is 1.28. The lowest BCUT2D eigenvalue weighted by atomic mass is 10.0. The highest BCUT2D eigenvalue weighted by Crippen LogP contribution is 2.22. The predicted molar refractivity (Wildman–Crippen MR) is 51.3 cm³/mol. The molecule has 4 N–H and O–H groups in total.